The number of rotatable bonds is 3. The zero-order valence-electron chi connectivity index (χ0n) is 7.79. The summed E-state index contributed by atoms with van der Waals surface area (Å²) in [5.74, 6) is 0. The van der Waals surface area contributed by atoms with Gasteiger partial charge in [-0.05, 0) is 33.2 Å². The minimum atomic E-state index is 0.814. The van der Waals surface area contributed by atoms with E-state index in [1.165, 1.54) is 5.69 Å². The molecule has 3 nitrogen and oxygen atoms in total. The van der Waals surface area contributed by atoms with E-state index in [0.29, 0.717) is 0 Å². The molecule has 0 radical (unpaired) electrons. The fourth-order valence-electron chi connectivity index (χ4n) is 1.06. The molecule has 0 unspecified atom stereocenters. The van der Waals surface area contributed by atoms with Crippen molar-refractivity contribution in [3.8, 4) is 0 Å². The molecular formula is C8H15N3S. The number of aryl methyl sites for hydroxylation is 1. The first-order chi connectivity index (χ1) is 5.61. The van der Waals surface area contributed by atoms with Gasteiger partial charge in [-0.15, -0.1) is 0 Å². The van der Waals surface area contributed by atoms with Crippen molar-refractivity contribution in [2.75, 3.05) is 20.6 Å². The summed E-state index contributed by atoms with van der Waals surface area (Å²) >= 11 is 5.11. The van der Waals surface area contributed by atoms with Crippen LogP contribution in [-0.2, 0) is 6.54 Å². The SMILES string of the molecule is Cc1c[nH]c(=S)n1CCN(C)C. The first kappa shape index (κ1) is 9.48. The quantitative estimate of drug-likeness (QED) is 0.720. The summed E-state index contributed by atoms with van der Waals surface area (Å²) in [6.45, 7) is 4.04. The maximum Gasteiger partial charge on any atom is 0.177 e. The maximum absolute atomic E-state index is 5.11. The van der Waals surface area contributed by atoms with Gasteiger partial charge in [-0.2, -0.15) is 0 Å². The van der Waals surface area contributed by atoms with Crippen LogP contribution in [0.15, 0.2) is 6.20 Å². The van der Waals surface area contributed by atoms with Crippen LogP contribution in [0.5, 0.6) is 0 Å². The Kier molecular flexibility index (Phi) is 3.05. The van der Waals surface area contributed by atoms with E-state index < -0.39 is 0 Å². The van der Waals surface area contributed by atoms with Gasteiger partial charge < -0.3 is 14.5 Å². The number of hydrogen-bond acceptors (Lipinski definition) is 2. The topological polar surface area (TPSA) is 24.0 Å². The van der Waals surface area contributed by atoms with E-state index in [-0.39, 0.29) is 0 Å². The Morgan fingerprint density at radius 3 is 2.67 bits per heavy atom. The van der Waals surface area contributed by atoms with E-state index in [0.717, 1.165) is 17.9 Å². The summed E-state index contributed by atoms with van der Waals surface area (Å²) in [7, 11) is 4.12. The summed E-state index contributed by atoms with van der Waals surface area (Å²) in [6, 6.07) is 0. The van der Waals surface area contributed by atoms with Gasteiger partial charge in [0.25, 0.3) is 0 Å². The molecule has 68 valence electrons. The predicted octanol–water partition coefficient (Wildman–Crippen LogP) is 1.42. The molecule has 0 spiro atoms. The first-order valence-corrected chi connectivity index (χ1v) is 4.41. The van der Waals surface area contributed by atoms with Crippen LogP contribution in [-0.4, -0.2) is 35.1 Å². The third kappa shape index (κ3) is 2.19. The normalized spacial score (nSPS) is 11.0. The lowest BCUT2D eigenvalue weighted by Gasteiger charge is -2.10. The molecule has 1 rings (SSSR count). The highest BCUT2D eigenvalue weighted by Crippen LogP contribution is 1.99. The third-order valence-electron chi connectivity index (χ3n) is 1.85. The standard InChI is InChI=1S/C8H15N3S/c1-7-6-9-8(12)11(7)5-4-10(2)3/h6H,4-5H2,1-3H3,(H,9,12). The molecule has 1 heterocycles. The van der Waals surface area contributed by atoms with E-state index >= 15 is 0 Å². The molecular weight excluding hydrogens is 170 g/mol. The molecule has 0 aliphatic rings. The zero-order chi connectivity index (χ0) is 9.14. The van der Waals surface area contributed by atoms with Crippen molar-refractivity contribution in [2.45, 2.75) is 13.5 Å². The Labute approximate surface area is 78.0 Å². The fourth-order valence-corrected chi connectivity index (χ4v) is 1.35. The number of nitrogens with one attached hydrogen (secondary N) is 1. The fraction of sp³-hybridized carbons (Fsp3) is 0.625. The Morgan fingerprint density at radius 1 is 1.58 bits per heavy atom. The molecule has 1 aromatic heterocycles. The molecule has 0 bridgehead atoms. The Morgan fingerprint density at radius 2 is 2.25 bits per heavy atom. The van der Waals surface area contributed by atoms with Gasteiger partial charge >= 0.3 is 0 Å². The summed E-state index contributed by atoms with van der Waals surface area (Å²) in [5.41, 5.74) is 1.20. The predicted molar refractivity (Wildman–Crippen MR) is 52.9 cm³/mol. The van der Waals surface area contributed by atoms with Gasteiger partial charge in [0, 0.05) is 25.0 Å². The molecule has 1 N–H and O–H groups in total. The lowest BCUT2D eigenvalue weighted by molar-refractivity contribution is 0.381. The number of aromatic nitrogens is 2. The van der Waals surface area contributed by atoms with Gasteiger partial charge in [-0.25, -0.2) is 0 Å². The second-order valence-electron chi connectivity index (χ2n) is 3.19. The van der Waals surface area contributed by atoms with Gasteiger partial charge in [0.1, 0.15) is 0 Å². The van der Waals surface area contributed by atoms with Gasteiger partial charge in [0.2, 0.25) is 0 Å². The zero-order valence-corrected chi connectivity index (χ0v) is 8.61. The Bertz CT molecular complexity index is 297. The van der Waals surface area contributed by atoms with Crippen LogP contribution >= 0.6 is 12.2 Å². The highest BCUT2D eigenvalue weighted by Gasteiger charge is 1.98. The lowest BCUT2D eigenvalue weighted by Crippen LogP contribution is -2.18. The van der Waals surface area contributed by atoms with Crippen LogP contribution < -0.4 is 0 Å². The second-order valence-corrected chi connectivity index (χ2v) is 3.58. The van der Waals surface area contributed by atoms with Crippen molar-refractivity contribution in [3.63, 3.8) is 0 Å². The van der Waals surface area contributed by atoms with E-state index in [1.54, 1.807) is 0 Å². The largest absolute Gasteiger partial charge is 0.337 e. The lowest BCUT2D eigenvalue weighted by atomic mass is 10.5. The van der Waals surface area contributed by atoms with E-state index in [9.17, 15) is 0 Å². The number of likely N-dealkylation sites (N-methyl/N-ethyl adjacent to an activating group) is 1. The Balaban J connectivity index is 2.68. The van der Waals surface area contributed by atoms with Crippen LogP contribution in [0.2, 0.25) is 0 Å². The van der Waals surface area contributed by atoms with Gasteiger partial charge in [0.05, 0.1) is 0 Å². The van der Waals surface area contributed by atoms with Crippen molar-refractivity contribution < 1.29 is 0 Å². The highest BCUT2D eigenvalue weighted by molar-refractivity contribution is 7.71. The minimum absolute atomic E-state index is 0.814. The summed E-state index contributed by atoms with van der Waals surface area (Å²) in [4.78, 5) is 5.17. The summed E-state index contributed by atoms with van der Waals surface area (Å²) in [5, 5.41) is 0. The minimum Gasteiger partial charge on any atom is -0.337 e. The summed E-state index contributed by atoms with van der Waals surface area (Å²) in [6.07, 6.45) is 1.94. The summed E-state index contributed by atoms with van der Waals surface area (Å²) < 4.78 is 2.92. The van der Waals surface area contributed by atoms with Gasteiger partial charge in [0.15, 0.2) is 4.77 Å². The molecule has 12 heavy (non-hydrogen) atoms. The van der Waals surface area contributed by atoms with Crippen LogP contribution in [0, 0.1) is 11.7 Å². The van der Waals surface area contributed by atoms with Gasteiger partial charge in [-0.1, -0.05) is 0 Å². The number of aromatic amines is 1. The van der Waals surface area contributed by atoms with Gasteiger partial charge in [-0.3, -0.25) is 0 Å². The molecule has 0 aliphatic carbocycles. The molecule has 0 atom stereocenters. The molecule has 0 aromatic carbocycles. The van der Waals surface area contributed by atoms with Crippen molar-refractivity contribution in [3.05, 3.63) is 16.7 Å². The molecule has 4 heteroatoms. The smallest absolute Gasteiger partial charge is 0.177 e. The van der Waals surface area contributed by atoms with Crippen LogP contribution in [0.1, 0.15) is 5.69 Å². The third-order valence-corrected chi connectivity index (χ3v) is 2.18. The molecule has 0 fully saturated rings. The van der Waals surface area contributed by atoms with Crippen LogP contribution in [0.25, 0.3) is 0 Å². The Hall–Kier alpha value is -0.610. The molecule has 0 aliphatic heterocycles. The van der Waals surface area contributed by atoms with Crippen molar-refractivity contribution in [2.24, 2.45) is 0 Å². The van der Waals surface area contributed by atoms with Crippen LogP contribution in [0.4, 0.5) is 0 Å². The average Bonchev–Trinajstić information content (AvgIpc) is 2.28. The molecule has 0 saturated heterocycles. The van der Waals surface area contributed by atoms with E-state index in [1.807, 2.05) is 6.20 Å². The molecule has 0 saturated carbocycles. The van der Waals surface area contributed by atoms with Crippen molar-refractivity contribution >= 4 is 12.2 Å². The van der Waals surface area contributed by atoms with E-state index in [2.05, 4.69) is 35.5 Å². The monoisotopic (exact) mass is 185 g/mol. The molecule has 0 amide bonds. The molecule has 1 aromatic rings. The number of imidazole rings is 1. The number of hydrogen-bond donors (Lipinski definition) is 1. The number of H-pyrrole nitrogens is 1. The van der Waals surface area contributed by atoms with Crippen molar-refractivity contribution in [1.29, 1.82) is 0 Å². The maximum atomic E-state index is 5.11. The second kappa shape index (κ2) is 3.87. The van der Waals surface area contributed by atoms with Crippen molar-refractivity contribution in [1.82, 2.24) is 14.5 Å². The van der Waals surface area contributed by atoms with Crippen LogP contribution in [0.3, 0.4) is 0 Å². The average molecular weight is 185 g/mol. The highest BCUT2D eigenvalue weighted by atomic mass is 32.1. The van der Waals surface area contributed by atoms with E-state index in [4.69, 9.17) is 12.2 Å². The first-order valence-electron chi connectivity index (χ1n) is 4.01. The number of nitrogens with zero attached hydrogens (tertiary/aromatic N) is 2.